The van der Waals surface area contributed by atoms with E-state index in [9.17, 15) is 24.5 Å². The molecule has 0 saturated heterocycles. The number of nitrogens with zero attached hydrogens (tertiary/aromatic N) is 2. The third kappa shape index (κ3) is 5.71. The Morgan fingerprint density at radius 1 is 1.10 bits per heavy atom. The van der Waals surface area contributed by atoms with Crippen LogP contribution in [0.2, 0.25) is 0 Å². The number of nitro groups is 1. The molecule has 0 aliphatic carbocycles. The van der Waals surface area contributed by atoms with Gasteiger partial charge in [0.2, 0.25) is 0 Å². The molecule has 0 spiro atoms. The molecule has 1 aromatic rings. The molecule has 1 heterocycles. The molecule has 10 heteroatoms. The number of carbonyl (C=O) groups is 3. The summed E-state index contributed by atoms with van der Waals surface area (Å²) < 4.78 is 15.8. The van der Waals surface area contributed by atoms with Gasteiger partial charge in [-0.1, -0.05) is 0 Å². The van der Waals surface area contributed by atoms with Crippen LogP contribution in [0.5, 0.6) is 5.75 Å². The highest BCUT2D eigenvalue weighted by molar-refractivity contribution is 6.19. The molecule has 0 N–H and O–H groups in total. The van der Waals surface area contributed by atoms with Crippen LogP contribution >= 0.6 is 0 Å². The molecular formula is C21H28N2O8. The van der Waals surface area contributed by atoms with Gasteiger partial charge in [0.15, 0.2) is 5.75 Å². The Bertz CT molecular complexity index is 911. The lowest BCUT2D eigenvalue weighted by atomic mass is 9.99. The van der Waals surface area contributed by atoms with Crippen LogP contribution in [0.4, 0.5) is 16.2 Å². The van der Waals surface area contributed by atoms with Crippen LogP contribution in [-0.2, 0) is 25.5 Å². The van der Waals surface area contributed by atoms with E-state index >= 15 is 0 Å². The van der Waals surface area contributed by atoms with Gasteiger partial charge in [0, 0.05) is 12.1 Å². The Kier molecular flexibility index (Phi) is 6.63. The second kappa shape index (κ2) is 8.52. The van der Waals surface area contributed by atoms with Gasteiger partial charge >= 0.3 is 17.7 Å². The molecule has 10 nitrogen and oxygen atoms in total. The first-order valence-electron chi connectivity index (χ1n) is 9.79. The minimum Gasteiger partial charge on any atom is -0.490 e. The number of imide groups is 1. The molecule has 31 heavy (non-hydrogen) atoms. The topological polar surface area (TPSA) is 125 Å². The Morgan fingerprint density at radius 2 is 1.68 bits per heavy atom. The average Bonchev–Trinajstić information content (AvgIpc) is 2.72. The number of esters is 1. The summed E-state index contributed by atoms with van der Waals surface area (Å²) in [5.74, 6) is -3.00. The van der Waals surface area contributed by atoms with Gasteiger partial charge in [-0.05, 0) is 59.9 Å². The van der Waals surface area contributed by atoms with Crippen molar-refractivity contribution < 1.29 is 33.5 Å². The van der Waals surface area contributed by atoms with Crippen molar-refractivity contribution in [2.75, 3.05) is 12.0 Å². The number of ether oxygens (including phenoxy) is 3. The van der Waals surface area contributed by atoms with Crippen molar-refractivity contribution in [1.82, 2.24) is 0 Å². The van der Waals surface area contributed by atoms with E-state index in [4.69, 9.17) is 14.2 Å². The maximum atomic E-state index is 13.3. The maximum absolute atomic E-state index is 13.3. The van der Waals surface area contributed by atoms with Crippen LogP contribution in [0.25, 0.3) is 0 Å². The molecule has 1 aliphatic heterocycles. The first-order valence-corrected chi connectivity index (χ1v) is 9.79. The van der Waals surface area contributed by atoms with Crippen molar-refractivity contribution in [2.24, 2.45) is 5.92 Å². The number of nitro benzene ring substituents is 1. The van der Waals surface area contributed by atoms with E-state index in [0.717, 1.165) is 4.90 Å². The van der Waals surface area contributed by atoms with Gasteiger partial charge in [0.1, 0.15) is 17.1 Å². The van der Waals surface area contributed by atoms with Crippen LogP contribution in [-0.4, -0.2) is 41.2 Å². The number of methoxy groups -OCH3 is 1. The largest absolute Gasteiger partial charge is 0.490 e. The van der Waals surface area contributed by atoms with Gasteiger partial charge in [-0.25, -0.2) is 9.69 Å². The Morgan fingerprint density at radius 3 is 2.16 bits per heavy atom. The number of benzene rings is 1. The quantitative estimate of drug-likeness (QED) is 0.303. The van der Waals surface area contributed by atoms with E-state index in [0.29, 0.717) is 5.56 Å². The molecule has 1 atom stereocenters. The molecule has 0 radical (unpaired) electrons. The zero-order chi connectivity index (χ0) is 23.7. The summed E-state index contributed by atoms with van der Waals surface area (Å²) in [4.78, 5) is 50.6. The summed E-state index contributed by atoms with van der Waals surface area (Å²) in [5, 5.41) is 11.4. The third-order valence-electron chi connectivity index (χ3n) is 4.31. The minimum absolute atomic E-state index is 0.0174. The van der Waals surface area contributed by atoms with Crippen LogP contribution in [0.1, 0.15) is 53.5 Å². The van der Waals surface area contributed by atoms with E-state index in [1.807, 2.05) is 0 Å². The van der Waals surface area contributed by atoms with Crippen molar-refractivity contribution in [1.29, 1.82) is 0 Å². The molecule has 1 aromatic carbocycles. The van der Waals surface area contributed by atoms with E-state index in [2.05, 4.69) is 0 Å². The van der Waals surface area contributed by atoms with Gasteiger partial charge in [-0.2, -0.15) is 0 Å². The molecule has 0 bridgehead atoms. The lowest BCUT2D eigenvalue weighted by molar-refractivity contribution is -0.385. The van der Waals surface area contributed by atoms with Crippen molar-refractivity contribution in [2.45, 2.75) is 65.6 Å². The molecular weight excluding hydrogens is 408 g/mol. The number of anilines is 1. The van der Waals surface area contributed by atoms with Gasteiger partial charge in [-0.3, -0.25) is 19.7 Å². The first-order chi connectivity index (χ1) is 14.1. The van der Waals surface area contributed by atoms with E-state index in [1.54, 1.807) is 41.5 Å². The standard InChI is InChI=1S/C21H28N2O8/c1-20(2,3)30-18(25)13-9-8-12-10-15(23(27)28)16(29-7)11-14(12)22(17(13)24)19(26)31-21(4,5)6/h10-11,13H,8-9H2,1-7H3. The molecule has 0 aromatic heterocycles. The Balaban J connectivity index is 2.62. The number of aryl methyl sites for hydroxylation is 1. The van der Waals surface area contributed by atoms with Crippen molar-refractivity contribution in [3.05, 3.63) is 27.8 Å². The van der Waals surface area contributed by atoms with Crippen LogP contribution in [0, 0.1) is 16.0 Å². The molecule has 1 aliphatic rings. The fourth-order valence-corrected chi connectivity index (χ4v) is 3.10. The summed E-state index contributed by atoms with van der Waals surface area (Å²) in [6, 6.07) is 2.49. The summed E-state index contributed by atoms with van der Waals surface area (Å²) in [6.45, 7) is 9.91. The SMILES string of the molecule is COc1cc2c(cc1[N+](=O)[O-])CCC(C(=O)OC(C)(C)C)C(=O)N2C(=O)OC(C)(C)C. The van der Waals surface area contributed by atoms with Gasteiger partial charge in [0.25, 0.3) is 5.91 Å². The summed E-state index contributed by atoms with van der Waals surface area (Å²) in [6.07, 6.45) is -0.844. The molecule has 0 saturated carbocycles. The van der Waals surface area contributed by atoms with Gasteiger partial charge in [-0.15, -0.1) is 0 Å². The van der Waals surface area contributed by atoms with E-state index < -0.39 is 40.0 Å². The fraction of sp³-hybridized carbons (Fsp3) is 0.571. The monoisotopic (exact) mass is 436 g/mol. The van der Waals surface area contributed by atoms with Crippen molar-refractivity contribution in [3.8, 4) is 5.75 Å². The number of fused-ring (bicyclic) bond motifs is 1. The lowest BCUT2D eigenvalue weighted by Gasteiger charge is -2.28. The normalized spacial score (nSPS) is 16.8. The number of hydrogen-bond donors (Lipinski definition) is 0. The number of amides is 2. The van der Waals surface area contributed by atoms with Gasteiger partial charge in [0.05, 0.1) is 17.7 Å². The van der Waals surface area contributed by atoms with Crippen LogP contribution in [0.15, 0.2) is 12.1 Å². The molecule has 0 fully saturated rings. The Labute approximate surface area is 180 Å². The zero-order valence-electron chi connectivity index (χ0n) is 18.8. The second-order valence-electron chi connectivity index (χ2n) is 9.19. The summed E-state index contributed by atoms with van der Waals surface area (Å²) in [7, 11) is 1.24. The predicted octanol–water partition coefficient (Wildman–Crippen LogP) is 3.78. The predicted molar refractivity (Wildman–Crippen MR) is 111 cm³/mol. The van der Waals surface area contributed by atoms with Crippen molar-refractivity contribution >= 4 is 29.3 Å². The fourth-order valence-electron chi connectivity index (χ4n) is 3.10. The third-order valence-corrected chi connectivity index (χ3v) is 4.31. The summed E-state index contributed by atoms with van der Waals surface area (Å²) in [5.41, 5.74) is -1.65. The molecule has 2 amide bonds. The minimum atomic E-state index is -1.27. The highest BCUT2D eigenvalue weighted by atomic mass is 16.6. The summed E-state index contributed by atoms with van der Waals surface area (Å²) >= 11 is 0. The van der Waals surface area contributed by atoms with Crippen LogP contribution < -0.4 is 9.64 Å². The highest BCUT2D eigenvalue weighted by Crippen LogP contribution is 2.39. The van der Waals surface area contributed by atoms with Gasteiger partial charge < -0.3 is 14.2 Å². The van der Waals surface area contributed by atoms with E-state index in [-0.39, 0.29) is 30.0 Å². The number of carbonyl (C=O) groups excluding carboxylic acids is 3. The molecule has 1 unspecified atom stereocenters. The number of hydrogen-bond acceptors (Lipinski definition) is 8. The van der Waals surface area contributed by atoms with E-state index in [1.165, 1.54) is 19.2 Å². The molecule has 2 rings (SSSR count). The Hall–Kier alpha value is -3.17. The zero-order valence-corrected chi connectivity index (χ0v) is 18.8. The second-order valence-corrected chi connectivity index (χ2v) is 9.19. The highest BCUT2D eigenvalue weighted by Gasteiger charge is 2.42. The van der Waals surface area contributed by atoms with Crippen LogP contribution in [0.3, 0.4) is 0 Å². The van der Waals surface area contributed by atoms with Crippen molar-refractivity contribution in [3.63, 3.8) is 0 Å². The maximum Gasteiger partial charge on any atom is 0.421 e. The first kappa shape index (κ1) is 24.1. The number of rotatable bonds is 3. The smallest absolute Gasteiger partial charge is 0.421 e. The lowest BCUT2D eigenvalue weighted by Crippen LogP contribution is -2.46. The molecule has 170 valence electrons. The average molecular weight is 436 g/mol.